The molecule has 1 aromatic carbocycles. The van der Waals surface area contributed by atoms with Gasteiger partial charge >= 0.3 is 0 Å². The summed E-state index contributed by atoms with van der Waals surface area (Å²) >= 11 is 0. The highest BCUT2D eigenvalue weighted by Crippen LogP contribution is 2.28. The van der Waals surface area contributed by atoms with E-state index in [1.165, 1.54) is 11.1 Å². The van der Waals surface area contributed by atoms with Gasteiger partial charge in [-0.2, -0.15) is 5.10 Å². The van der Waals surface area contributed by atoms with Gasteiger partial charge < -0.3 is 15.4 Å². The summed E-state index contributed by atoms with van der Waals surface area (Å²) in [5.41, 5.74) is 9.36. The Morgan fingerprint density at radius 2 is 2.32 bits per heavy atom. The number of nitrogens with zero attached hydrogens (tertiary/aromatic N) is 2. The lowest BCUT2D eigenvalue weighted by molar-refractivity contribution is 0.0995. The van der Waals surface area contributed by atoms with Crippen molar-refractivity contribution in [3.63, 3.8) is 0 Å². The van der Waals surface area contributed by atoms with Crippen LogP contribution in [0.3, 0.4) is 0 Å². The summed E-state index contributed by atoms with van der Waals surface area (Å²) in [6.45, 7) is 3.98. The number of nitrogens with one attached hydrogen (secondary N) is 1. The van der Waals surface area contributed by atoms with Crippen LogP contribution in [0.4, 0.5) is 0 Å². The summed E-state index contributed by atoms with van der Waals surface area (Å²) in [4.78, 5) is 13.7. The molecule has 2 aliphatic heterocycles. The fourth-order valence-corrected chi connectivity index (χ4v) is 3.87. The third-order valence-corrected chi connectivity index (χ3v) is 5.27. The van der Waals surface area contributed by atoms with Crippen molar-refractivity contribution in [1.29, 1.82) is 0 Å². The molecule has 0 bridgehead atoms. The van der Waals surface area contributed by atoms with Crippen molar-refractivity contribution in [3.8, 4) is 5.75 Å². The first-order valence-electron chi connectivity index (χ1n) is 9.01. The van der Waals surface area contributed by atoms with E-state index in [2.05, 4.69) is 33.3 Å². The Kier molecular flexibility index (Phi) is 4.44. The van der Waals surface area contributed by atoms with E-state index in [4.69, 9.17) is 10.5 Å². The minimum absolute atomic E-state index is 0.326. The van der Waals surface area contributed by atoms with Crippen LogP contribution < -0.4 is 10.5 Å². The maximum atomic E-state index is 11.2. The van der Waals surface area contributed by atoms with Crippen LogP contribution in [0, 0.1) is 0 Å². The number of fused-ring (bicyclic) bond motifs is 1. The van der Waals surface area contributed by atoms with Crippen LogP contribution in [-0.2, 0) is 12.8 Å². The molecular formula is C19H24N4O2. The number of amides is 1. The molecule has 1 saturated heterocycles. The van der Waals surface area contributed by atoms with E-state index in [0.717, 1.165) is 63.4 Å². The molecule has 1 amide bonds. The molecule has 3 heterocycles. The number of nitrogens with two attached hydrogens (primary N) is 1. The van der Waals surface area contributed by atoms with Crippen LogP contribution in [0.5, 0.6) is 5.75 Å². The number of hydrogen-bond donors (Lipinski definition) is 2. The number of rotatable bonds is 5. The maximum Gasteiger partial charge on any atom is 0.269 e. The molecular weight excluding hydrogens is 316 g/mol. The minimum Gasteiger partial charge on any atom is -0.493 e. The van der Waals surface area contributed by atoms with Crippen molar-refractivity contribution in [3.05, 3.63) is 46.8 Å². The number of primary amides is 1. The highest BCUT2D eigenvalue weighted by molar-refractivity contribution is 5.90. The minimum atomic E-state index is -0.476. The van der Waals surface area contributed by atoms with Gasteiger partial charge in [0.05, 0.1) is 6.61 Å². The highest BCUT2D eigenvalue weighted by Gasteiger charge is 2.23. The summed E-state index contributed by atoms with van der Waals surface area (Å²) in [6, 6.07) is 8.38. The molecule has 25 heavy (non-hydrogen) atoms. The number of aromatic nitrogens is 2. The van der Waals surface area contributed by atoms with Crippen LogP contribution in [-0.4, -0.2) is 47.2 Å². The molecule has 1 atom stereocenters. The largest absolute Gasteiger partial charge is 0.493 e. The number of aromatic amines is 1. The molecule has 0 unspecified atom stereocenters. The molecule has 0 spiro atoms. The summed E-state index contributed by atoms with van der Waals surface area (Å²) in [5.74, 6) is 0.963. The van der Waals surface area contributed by atoms with Crippen LogP contribution in [0.15, 0.2) is 24.3 Å². The van der Waals surface area contributed by atoms with Crippen molar-refractivity contribution < 1.29 is 9.53 Å². The first-order chi connectivity index (χ1) is 12.2. The highest BCUT2D eigenvalue weighted by atomic mass is 16.5. The van der Waals surface area contributed by atoms with Gasteiger partial charge in [0.25, 0.3) is 5.91 Å². The zero-order chi connectivity index (χ0) is 17.2. The summed E-state index contributed by atoms with van der Waals surface area (Å²) < 4.78 is 5.58. The van der Waals surface area contributed by atoms with Crippen LogP contribution in [0.2, 0.25) is 0 Å². The van der Waals surface area contributed by atoms with Gasteiger partial charge in [-0.1, -0.05) is 12.1 Å². The number of benzene rings is 1. The second-order valence-electron chi connectivity index (χ2n) is 7.00. The Bertz CT molecular complexity index is 771. The Morgan fingerprint density at radius 3 is 3.16 bits per heavy atom. The van der Waals surface area contributed by atoms with Gasteiger partial charge in [-0.25, -0.2) is 0 Å². The number of carbonyl (C=O) groups excluding carboxylic acids is 1. The van der Waals surface area contributed by atoms with Gasteiger partial charge in [0.2, 0.25) is 0 Å². The van der Waals surface area contributed by atoms with Crippen molar-refractivity contribution in [2.75, 3.05) is 26.2 Å². The normalized spacial score (nSPS) is 20.2. The number of piperidine rings is 1. The van der Waals surface area contributed by atoms with E-state index in [1.54, 1.807) is 6.07 Å². The van der Waals surface area contributed by atoms with Crippen LogP contribution in [0.1, 0.15) is 46.1 Å². The molecule has 132 valence electrons. The van der Waals surface area contributed by atoms with E-state index in [1.807, 2.05) is 0 Å². The second-order valence-corrected chi connectivity index (χ2v) is 7.00. The van der Waals surface area contributed by atoms with Crippen LogP contribution in [0.25, 0.3) is 0 Å². The molecule has 0 radical (unpaired) electrons. The summed E-state index contributed by atoms with van der Waals surface area (Å²) in [7, 11) is 0. The summed E-state index contributed by atoms with van der Waals surface area (Å²) in [5, 5.41) is 7.00. The number of carbonyl (C=O) groups is 1. The Balaban J connectivity index is 1.35. The lowest BCUT2D eigenvalue weighted by atomic mass is 9.94. The quantitative estimate of drug-likeness (QED) is 0.870. The van der Waals surface area contributed by atoms with E-state index < -0.39 is 5.91 Å². The molecule has 1 fully saturated rings. The van der Waals surface area contributed by atoms with Crippen molar-refractivity contribution >= 4 is 5.91 Å². The van der Waals surface area contributed by atoms with E-state index in [-0.39, 0.29) is 0 Å². The molecule has 6 nitrogen and oxygen atoms in total. The average molecular weight is 340 g/mol. The van der Waals surface area contributed by atoms with E-state index in [0.29, 0.717) is 11.6 Å². The van der Waals surface area contributed by atoms with E-state index >= 15 is 0 Å². The average Bonchev–Trinajstić information content (AvgIpc) is 3.29. The molecule has 3 N–H and O–H groups in total. The smallest absolute Gasteiger partial charge is 0.269 e. The number of hydrogen-bond acceptors (Lipinski definition) is 4. The predicted octanol–water partition coefficient (Wildman–Crippen LogP) is 1.87. The maximum absolute atomic E-state index is 11.2. The van der Waals surface area contributed by atoms with Gasteiger partial charge in [-0.3, -0.25) is 9.89 Å². The standard InChI is InChI=1S/C19H24N4O2/c20-19(24)17-11-16(21-22-17)15-2-1-7-23(12-15)8-5-13-3-4-18-14(10-13)6-9-25-18/h3-4,10-11,15H,1-2,5-9,12H2,(H2,20,24)(H,21,22)/t15-/m0/s1. The van der Waals surface area contributed by atoms with Crippen molar-refractivity contribution in [1.82, 2.24) is 15.1 Å². The summed E-state index contributed by atoms with van der Waals surface area (Å²) in [6.07, 6.45) is 4.35. The molecule has 4 rings (SSSR count). The van der Waals surface area contributed by atoms with Crippen LogP contribution >= 0.6 is 0 Å². The topological polar surface area (TPSA) is 84.2 Å². The first kappa shape index (κ1) is 16.1. The third kappa shape index (κ3) is 3.54. The monoisotopic (exact) mass is 340 g/mol. The fraction of sp³-hybridized carbons (Fsp3) is 0.474. The lowest BCUT2D eigenvalue weighted by Gasteiger charge is -2.32. The predicted molar refractivity (Wildman–Crippen MR) is 94.9 cm³/mol. The molecule has 2 aromatic rings. The van der Waals surface area contributed by atoms with Gasteiger partial charge in [0.1, 0.15) is 11.4 Å². The fourth-order valence-electron chi connectivity index (χ4n) is 3.87. The lowest BCUT2D eigenvalue weighted by Crippen LogP contribution is -2.35. The number of likely N-dealkylation sites (tertiary alicyclic amines) is 1. The third-order valence-electron chi connectivity index (χ3n) is 5.27. The Hall–Kier alpha value is -2.34. The molecule has 0 aliphatic carbocycles. The Labute approximate surface area is 147 Å². The zero-order valence-corrected chi connectivity index (χ0v) is 14.3. The molecule has 2 aliphatic rings. The van der Waals surface area contributed by atoms with Gasteiger partial charge in [-0.05, 0) is 49.1 Å². The Morgan fingerprint density at radius 1 is 1.40 bits per heavy atom. The first-order valence-corrected chi connectivity index (χ1v) is 9.01. The second kappa shape index (κ2) is 6.88. The van der Waals surface area contributed by atoms with Gasteiger partial charge in [0.15, 0.2) is 0 Å². The van der Waals surface area contributed by atoms with E-state index in [9.17, 15) is 4.79 Å². The number of ether oxygens (including phenoxy) is 1. The number of H-pyrrole nitrogens is 1. The molecule has 1 aromatic heterocycles. The SMILES string of the molecule is NC(=O)c1cc([C@H]2CCCN(CCc3ccc4c(c3)CCO4)C2)[nH]n1. The van der Waals surface area contributed by atoms with Crippen molar-refractivity contribution in [2.24, 2.45) is 5.73 Å². The van der Waals surface area contributed by atoms with Gasteiger partial charge in [-0.15, -0.1) is 0 Å². The van der Waals surface area contributed by atoms with Gasteiger partial charge in [0, 0.05) is 31.1 Å². The van der Waals surface area contributed by atoms with Crippen molar-refractivity contribution in [2.45, 2.75) is 31.6 Å². The molecule has 0 saturated carbocycles. The zero-order valence-electron chi connectivity index (χ0n) is 14.3. The molecule has 6 heteroatoms.